The number of hydrogen-bond donors (Lipinski definition) is 1. The van der Waals surface area contributed by atoms with Crippen molar-refractivity contribution in [1.82, 2.24) is 4.90 Å². The van der Waals surface area contributed by atoms with Gasteiger partial charge in [0.15, 0.2) is 0 Å². The molecule has 1 unspecified atom stereocenters. The van der Waals surface area contributed by atoms with Crippen LogP contribution in [0.2, 0.25) is 0 Å². The van der Waals surface area contributed by atoms with Gasteiger partial charge in [-0.15, -0.1) is 0 Å². The molecule has 1 aliphatic heterocycles. The molecule has 2 rings (SSSR count). The molecule has 0 aliphatic carbocycles. The van der Waals surface area contributed by atoms with Crippen molar-refractivity contribution >= 4 is 40.2 Å². The first-order chi connectivity index (χ1) is 13.9. The number of rotatable bonds is 6. The number of likely N-dealkylation sites (tertiary alicyclic amines) is 1. The van der Waals surface area contributed by atoms with E-state index in [-0.39, 0.29) is 16.1 Å². The Labute approximate surface area is 190 Å². The van der Waals surface area contributed by atoms with Crippen molar-refractivity contribution in [2.45, 2.75) is 65.0 Å². The number of amides is 1. The minimum atomic E-state index is -0.760. The molecule has 5 nitrogen and oxygen atoms in total. The molecular formula is C23H35NO4S2. The molecule has 1 atom stereocenters. The van der Waals surface area contributed by atoms with Crippen molar-refractivity contribution in [3.8, 4) is 0 Å². The third-order valence-electron chi connectivity index (χ3n) is 4.61. The number of hydrogen-bond acceptors (Lipinski definition) is 5. The lowest BCUT2D eigenvalue weighted by atomic mass is 9.76. The molecule has 1 aromatic carbocycles. The minimum Gasteiger partial charge on any atom is -0.481 e. The van der Waals surface area contributed by atoms with Gasteiger partial charge >= 0.3 is 5.97 Å². The molecule has 0 spiro atoms. The van der Waals surface area contributed by atoms with E-state index >= 15 is 0 Å². The number of benzene rings is 1. The highest BCUT2D eigenvalue weighted by atomic mass is 32.2. The first-order valence-corrected chi connectivity index (χ1v) is 11.5. The van der Waals surface area contributed by atoms with Gasteiger partial charge in [-0.3, -0.25) is 9.59 Å². The number of carbonyl (C=O) groups is 2. The van der Waals surface area contributed by atoms with Crippen LogP contribution in [0.15, 0.2) is 30.3 Å². The largest absolute Gasteiger partial charge is 0.481 e. The lowest BCUT2D eigenvalue weighted by molar-refractivity contribution is -0.141. The fourth-order valence-corrected chi connectivity index (χ4v) is 5.04. The lowest BCUT2D eigenvalue weighted by Gasteiger charge is -2.29. The van der Waals surface area contributed by atoms with E-state index in [1.807, 2.05) is 62.9 Å². The molecule has 0 bridgehead atoms. The molecule has 0 radical (unpaired) electrons. The van der Waals surface area contributed by atoms with Gasteiger partial charge in [-0.05, 0) is 50.4 Å². The molecule has 1 aliphatic rings. The normalized spacial score (nSPS) is 15.3. The third-order valence-corrected chi connectivity index (χ3v) is 5.94. The maximum absolute atomic E-state index is 11.5. The van der Waals surface area contributed by atoms with Crippen molar-refractivity contribution in [2.24, 2.45) is 5.41 Å². The van der Waals surface area contributed by atoms with E-state index in [0.29, 0.717) is 17.4 Å². The van der Waals surface area contributed by atoms with E-state index in [1.165, 1.54) is 11.8 Å². The van der Waals surface area contributed by atoms with Crippen molar-refractivity contribution in [3.05, 3.63) is 35.9 Å². The van der Waals surface area contributed by atoms with Gasteiger partial charge in [0.2, 0.25) is 10.3 Å². The Hall–Kier alpha value is -1.60. The van der Waals surface area contributed by atoms with E-state index in [2.05, 4.69) is 13.8 Å². The highest BCUT2D eigenvalue weighted by molar-refractivity contribution is 8.23. The zero-order chi connectivity index (χ0) is 22.9. The van der Waals surface area contributed by atoms with Crippen LogP contribution < -0.4 is 0 Å². The summed E-state index contributed by atoms with van der Waals surface area (Å²) in [6, 6.07) is 9.37. The van der Waals surface area contributed by atoms with Crippen LogP contribution in [0.5, 0.6) is 0 Å². The van der Waals surface area contributed by atoms with Crippen molar-refractivity contribution in [3.63, 3.8) is 0 Å². The van der Waals surface area contributed by atoms with Crippen LogP contribution in [0.4, 0.5) is 0 Å². The predicted molar refractivity (Wildman–Crippen MR) is 128 cm³/mol. The Balaban J connectivity index is 0.000000303. The number of carboxylic acid groups (broad SMARTS) is 1. The number of thioether (sulfide) groups is 1. The maximum atomic E-state index is 11.5. The second-order valence-electron chi connectivity index (χ2n) is 9.01. The van der Waals surface area contributed by atoms with Gasteiger partial charge in [0.1, 0.15) is 0 Å². The van der Waals surface area contributed by atoms with Crippen LogP contribution in [-0.4, -0.2) is 50.7 Å². The molecule has 0 saturated carbocycles. The van der Waals surface area contributed by atoms with E-state index in [1.54, 1.807) is 0 Å². The van der Waals surface area contributed by atoms with E-state index < -0.39 is 11.9 Å². The molecule has 1 N–H and O–H groups in total. The van der Waals surface area contributed by atoms with Gasteiger partial charge < -0.3 is 14.7 Å². The number of nitrogens with zero attached hydrogens (tertiary/aromatic N) is 1. The molecule has 1 heterocycles. The number of aliphatic carboxylic acids is 1. The van der Waals surface area contributed by atoms with Crippen LogP contribution in [0, 0.1) is 5.41 Å². The van der Waals surface area contributed by atoms with Gasteiger partial charge in [-0.1, -0.05) is 62.9 Å². The molecule has 1 aromatic rings. The fraction of sp³-hybridized carbons (Fsp3) is 0.609. The Morgan fingerprint density at radius 3 is 2.27 bits per heavy atom. The van der Waals surface area contributed by atoms with Gasteiger partial charge in [-0.2, -0.15) is 0 Å². The first-order valence-electron chi connectivity index (χ1n) is 10.3. The summed E-state index contributed by atoms with van der Waals surface area (Å²) in [5, 5.41) is 9.16. The molecule has 30 heavy (non-hydrogen) atoms. The molecule has 0 aromatic heterocycles. The summed E-state index contributed by atoms with van der Waals surface area (Å²) in [4.78, 5) is 24.6. The Morgan fingerprint density at radius 2 is 1.83 bits per heavy atom. The van der Waals surface area contributed by atoms with Crippen LogP contribution in [0.25, 0.3) is 0 Å². The predicted octanol–water partition coefficient (Wildman–Crippen LogP) is 5.34. The smallest absolute Gasteiger partial charge is 0.311 e. The summed E-state index contributed by atoms with van der Waals surface area (Å²) in [7, 11) is 0. The van der Waals surface area contributed by atoms with Crippen molar-refractivity contribution < 1.29 is 19.4 Å². The fourth-order valence-electron chi connectivity index (χ4n) is 3.39. The zero-order valence-electron chi connectivity index (χ0n) is 18.9. The van der Waals surface area contributed by atoms with E-state index in [9.17, 15) is 9.59 Å². The second kappa shape index (κ2) is 11.7. The second-order valence-corrected chi connectivity index (χ2v) is 11.3. The van der Waals surface area contributed by atoms with Crippen LogP contribution in [-0.2, 0) is 14.3 Å². The minimum absolute atomic E-state index is 0.0771. The summed E-state index contributed by atoms with van der Waals surface area (Å²) >= 11 is 6.64. The average Bonchev–Trinajstić information content (AvgIpc) is 2.98. The summed E-state index contributed by atoms with van der Waals surface area (Å²) in [5.41, 5.74) is 0.611. The van der Waals surface area contributed by atoms with Crippen molar-refractivity contribution in [1.29, 1.82) is 0 Å². The van der Waals surface area contributed by atoms with E-state index in [0.717, 1.165) is 25.1 Å². The van der Waals surface area contributed by atoms with Gasteiger partial charge in [-0.25, -0.2) is 0 Å². The van der Waals surface area contributed by atoms with Crippen molar-refractivity contribution in [2.75, 3.05) is 19.7 Å². The summed E-state index contributed by atoms with van der Waals surface area (Å²) in [6.07, 6.45) is 1.67. The standard InChI is InChI=1S/C12H16O2.C11H19NO2S2/c1-12(2,3)10(11(13)14)9-7-5-4-6-8-9;1-4-14-10(15)16-11(2,3)8-12-7-5-6-9(12)13/h4-8,10H,1-3H3,(H,13,14);4-8H2,1-3H3. The SMILES string of the molecule is CC(C)(C)C(C(=O)O)c1ccccc1.CCOC(=S)SC(C)(C)CN1CCCC1=O. The number of ether oxygens (including phenoxy) is 1. The maximum Gasteiger partial charge on any atom is 0.311 e. The Kier molecular flexibility index (Phi) is 10.3. The molecular weight excluding hydrogens is 418 g/mol. The molecule has 168 valence electrons. The number of thiocarbonyl (C=S) groups is 1. The van der Waals surface area contributed by atoms with Crippen LogP contribution in [0.3, 0.4) is 0 Å². The molecule has 1 fully saturated rings. The van der Waals surface area contributed by atoms with Gasteiger partial charge in [0.25, 0.3) is 0 Å². The van der Waals surface area contributed by atoms with Crippen LogP contribution >= 0.6 is 24.0 Å². The third kappa shape index (κ3) is 9.04. The van der Waals surface area contributed by atoms with E-state index in [4.69, 9.17) is 22.1 Å². The Bertz CT molecular complexity index is 714. The topological polar surface area (TPSA) is 66.8 Å². The zero-order valence-corrected chi connectivity index (χ0v) is 20.6. The monoisotopic (exact) mass is 453 g/mol. The molecule has 1 amide bonds. The van der Waals surface area contributed by atoms with Gasteiger partial charge in [0.05, 0.1) is 12.5 Å². The molecule has 1 saturated heterocycles. The highest BCUT2D eigenvalue weighted by Crippen LogP contribution is 2.35. The number of carboxylic acids is 1. The number of carbonyl (C=O) groups excluding carboxylic acids is 1. The summed E-state index contributed by atoms with van der Waals surface area (Å²) in [6.45, 7) is 14.2. The summed E-state index contributed by atoms with van der Waals surface area (Å²) in [5.74, 6) is -0.941. The molecule has 7 heteroatoms. The quantitative estimate of drug-likeness (QED) is 0.586. The highest BCUT2D eigenvalue weighted by Gasteiger charge is 2.32. The summed E-state index contributed by atoms with van der Waals surface area (Å²) < 4.78 is 5.75. The lowest BCUT2D eigenvalue weighted by Crippen LogP contribution is -2.38. The first kappa shape index (κ1) is 26.4. The Morgan fingerprint density at radius 1 is 1.23 bits per heavy atom. The van der Waals surface area contributed by atoms with Crippen LogP contribution in [0.1, 0.15) is 65.9 Å². The van der Waals surface area contributed by atoms with Gasteiger partial charge in [0, 0.05) is 24.3 Å². The average molecular weight is 454 g/mol.